The summed E-state index contributed by atoms with van der Waals surface area (Å²) in [6, 6.07) is 5.28. The van der Waals surface area contributed by atoms with E-state index in [1.807, 2.05) is 20.8 Å². The van der Waals surface area contributed by atoms with Gasteiger partial charge in [-0.05, 0) is 12.1 Å². The zero-order valence-electron chi connectivity index (χ0n) is 14.2. The molecule has 5 nitrogen and oxygen atoms in total. The first-order chi connectivity index (χ1) is 11.9. The summed E-state index contributed by atoms with van der Waals surface area (Å²) in [5.74, 6) is -0.0806. The molecule has 0 radical (unpaired) electrons. The van der Waals surface area contributed by atoms with E-state index in [9.17, 15) is 18.0 Å². The van der Waals surface area contributed by atoms with E-state index in [0.29, 0.717) is 10.4 Å². The van der Waals surface area contributed by atoms with E-state index in [0.717, 1.165) is 0 Å². The van der Waals surface area contributed by atoms with Gasteiger partial charge in [0.1, 0.15) is 12.4 Å². The van der Waals surface area contributed by atoms with Gasteiger partial charge in [-0.3, -0.25) is 5.32 Å². The van der Waals surface area contributed by atoms with Crippen molar-refractivity contribution in [3.05, 3.63) is 40.0 Å². The largest absolute Gasteiger partial charge is 0.408 e. The Morgan fingerprint density at radius 2 is 1.85 bits per heavy atom. The van der Waals surface area contributed by atoms with Crippen LogP contribution in [0.25, 0.3) is 0 Å². The molecule has 10 heteroatoms. The quantitative estimate of drug-likeness (QED) is 0.684. The molecule has 2 aromatic rings. The van der Waals surface area contributed by atoms with Crippen LogP contribution in [0.4, 0.5) is 29.5 Å². The Hall–Kier alpha value is -1.93. The fourth-order valence-corrected chi connectivity index (χ4v) is 2.39. The number of amides is 2. The van der Waals surface area contributed by atoms with Crippen LogP contribution in [0, 0.1) is 0 Å². The summed E-state index contributed by atoms with van der Waals surface area (Å²) in [7, 11) is 0. The highest BCUT2D eigenvalue weighted by Crippen LogP contribution is 2.30. The summed E-state index contributed by atoms with van der Waals surface area (Å²) in [4.78, 5) is 12.2. The zero-order chi connectivity index (χ0) is 19.7. The maximum Gasteiger partial charge on any atom is 0.408 e. The Kier molecular flexibility index (Phi) is 5.77. The molecular weight excluding hydrogens is 392 g/mol. The topological polar surface area (TPSA) is 59.0 Å². The number of nitrogens with zero attached hydrogens (tertiary/aromatic N) is 2. The maximum absolute atomic E-state index is 12.8. The number of anilines is 2. The molecule has 26 heavy (non-hydrogen) atoms. The molecule has 0 bridgehead atoms. The molecule has 2 amide bonds. The van der Waals surface area contributed by atoms with Crippen molar-refractivity contribution in [3.8, 4) is 0 Å². The third kappa shape index (κ3) is 5.28. The number of carbonyl (C=O) groups is 1. The number of aromatic nitrogens is 2. The van der Waals surface area contributed by atoms with Crippen molar-refractivity contribution < 1.29 is 18.0 Å². The first-order valence-corrected chi connectivity index (χ1v) is 8.29. The molecule has 0 saturated carbocycles. The average molecular weight is 409 g/mol. The third-order valence-electron chi connectivity index (χ3n) is 3.32. The molecule has 0 aliphatic carbocycles. The summed E-state index contributed by atoms with van der Waals surface area (Å²) < 4.78 is 39.1. The second kappa shape index (κ2) is 7.36. The lowest BCUT2D eigenvalue weighted by Crippen LogP contribution is -2.25. The number of nitrogens with one attached hydrogen (secondary N) is 2. The third-order valence-corrected chi connectivity index (χ3v) is 4.14. The fourth-order valence-electron chi connectivity index (χ4n) is 2.04. The molecule has 0 saturated heterocycles. The van der Waals surface area contributed by atoms with Crippen LogP contribution in [-0.4, -0.2) is 22.0 Å². The minimum Gasteiger partial charge on any atom is -0.306 e. The number of urea groups is 1. The number of halogens is 5. The molecule has 0 unspecified atom stereocenters. The van der Waals surface area contributed by atoms with E-state index in [1.54, 1.807) is 12.1 Å². The van der Waals surface area contributed by atoms with E-state index in [-0.39, 0.29) is 21.6 Å². The second-order valence-electron chi connectivity index (χ2n) is 6.62. The van der Waals surface area contributed by atoms with Gasteiger partial charge in [-0.2, -0.15) is 18.3 Å². The Bertz CT molecular complexity index is 813. The predicted molar refractivity (Wildman–Crippen MR) is 96.1 cm³/mol. The number of hydrogen-bond acceptors (Lipinski definition) is 2. The molecule has 1 aromatic heterocycles. The first kappa shape index (κ1) is 20.4. The van der Waals surface area contributed by atoms with Gasteiger partial charge < -0.3 is 5.32 Å². The second-order valence-corrected chi connectivity index (χ2v) is 7.40. The standard InChI is InChI=1S/C16H17Cl2F3N4O/c1-15(2,3)11-7-12(25(24-11)8-16(19,20)21)23-14(26)22-10-6-4-5-9(17)13(10)18/h4-7H,8H2,1-3H3,(H2,22,23,26). The average Bonchev–Trinajstić information content (AvgIpc) is 2.85. The monoisotopic (exact) mass is 408 g/mol. The van der Waals surface area contributed by atoms with Crippen molar-refractivity contribution in [1.29, 1.82) is 0 Å². The minimum atomic E-state index is -4.48. The van der Waals surface area contributed by atoms with E-state index < -0.39 is 24.2 Å². The van der Waals surface area contributed by atoms with Crippen LogP contribution in [0.5, 0.6) is 0 Å². The molecule has 2 N–H and O–H groups in total. The van der Waals surface area contributed by atoms with Crippen LogP contribution >= 0.6 is 23.2 Å². The summed E-state index contributed by atoms with van der Waals surface area (Å²) >= 11 is 11.8. The normalized spacial score (nSPS) is 12.2. The molecule has 0 aliphatic heterocycles. The van der Waals surface area contributed by atoms with Gasteiger partial charge >= 0.3 is 12.2 Å². The van der Waals surface area contributed by atoms with E-state index in [1.165, 1.54) is 12.1 Å². The Labute approximate surface area is 158 Å². The molecule has 0 fully saturated rings. The van der Waals surface area contributed by atoms with Crippen molar-refractivity contribution in [1.82, 2.24) is 9.78 Å². The number of rotatable bonds is 3. The van der Waals surface area contributed by atoms with Crippen LogP contribution in [-0.2, 0) is 12.0 Å². The summed E-state index contributed by atoms with van der Waals surface area (Å²) in [5.41, 5.74) is 0.160. The maximum atomic E-state index is 12.8. The van der Waals surface area contributed by atoms with E-state index in [2.05, 4.69) is 15.7 Å². The van der Waals surface area contributed by atoms with Crippen LogP contribution in [0.3, 0.4) is 0 Å². The van der Waals surface area contributed by atoms with Gasteiger partial charge in [0.15, 0.2) is 0 Å². The fraction of sp³-hybridized carbons (Fsp3) is 0.375. The predicted octanol–water partition coefficient (Wildman–Crippen LogP) is 5.69. The van der Waals surface area contributed by atoms with Gasteiger partial charge in [-0.25, -0.2) is 9.48 Å². The molecule has 0 spiro atoms. The Balaban J connectivity index is 2.25. The molecule has 1 heterocycles. The smallest absolute Gasteiger partial charge is 0.306 e. The highest BCUT2D eigenvalue weighted by molar-refractivity contribution is 6.44. The van der Waals surface area contributed by atoms with Gasteiger partial charge in [0, 0.05) is 11.5 Å². The van der Waals surface area contributed by atoms with Crippen molar-refractivity contribution in [2.24, 2.45) is 0 Å². The summed E-state index contributed by atoms with van der Waals surface area (Å²) in [5, 5.41) is 9.15. The van der Waals surface area contributed by atoms with Gasteiger partial charge in [-0.1, -0.05) is 50.0 Å². The van der Waals surface area contributed by atoms with Gasteiger partial charge in [0.25, 0.3) is 0 Å². The van der Waals surface area contributed by atoms with Gasteiger partial charge in [0.2, 0.25) is 0 Å². The molecule has 1 aromatic carbocycles. The first-order valence-electron chi connectivity index (χ1n) is 7.54. The minimum absolute atomic E-state index is 0.0806. The number of benzene rings is 1. The van der Waals surface area contributed by atoms with Crippen molar-refractivity contribution >= 4 is 40.7 Å². The van der Waals surface area contributed by atoms with Crippen LogP contribution in [0.15, 0.2) is 24.3 Å². The molecule has 142 valence electrons. The van der Waals surface area contributed by atoms with E-state index in [4.69, 9.17) is 23.2 Å². The van der Waals surface area contributed by atoms with Crippen molar-refractivity contribution in [2.45, 2.75) is 38.9 Å². The number of alkyl halides is 3. The molecule has 0 atom stereocenters. The summed E-state index contributed by atoms with van der Waals surface area (Å²) in [6.07, 6.45) is -4.48. The van der Waals surface area contributed by atoms with Crippen LogP contribution in [0.2, 0.25) is 10.0 Å². The lowest BCUT2D eigenvalue weighted by Gasteiger charge is -2.14. The Morgan fingerprint density at radius 3 is 2.42 bits per heavy atom. The zero-order valence-corrected chi connectivity index (χ0v) is 15.7. The number of hydrogen-bond donors (Lipinski definition) is 2. The van der Waals surface area contributed by atoms with Gasteiger partial charge in [-0.15, -0.1) is 0 Å². The molecule has 0 aliphatic rings. The summed E-state index contributed by atoms with van der Waals surface area (Å²) in [6.45, 7) is 4.10. The van der Waals surface area contributed by atoms with Crippen LogP contribution in [0.1, 0.15) is 26.5 Å². The van der Waals surface area contributed by atoms with Crippen molar-refractivity contribution in [3.63, 3.8) is 0 Å². The highest BCUT2D eigenvalue weighted by Gasteiger charge is 2.31. The Morgan fingerprint density at radius 1 is 1.19 bits per heavy atom. The highest BCUT2D eigenvalue weighted by atomic mass is 35.5. The molecule has 2 rings (SSSR count). The van der Waals surface area contributed by atoms with Gasteiger partial charge in [0.05, 0.1) is 21.4 Å². The van der Waals surface area contributed by atoms with Crippen LogP contribution < -0.4 is 10.6 Å². The van der Waals surface area contributed by atoms with Crippen molar-refractivity contribution in [2.75, 3.05) is 10.6 Å². The SMILES string of the molecule is CC(C)(C)c1cc(NC(=O)Nc2cccc(Cl)c2Cl)n(CC(F)(F)F)n1. The number of carbonyl (C=O) groups excluding carboxylic acids is 1. The van der Waals surface area contributed by atoms with E-state index >= 15 is 0 Å². The molecular formula is C16H17Cl2F3N4O. The lowest BCUT2D eigenvalue weighted by molar-refractivity contribution is -0.142. The lowest BCUT2D eigenvalue weighted by atomic mass is 9.92.